The molecule has 5 nitrogen and oxygen atoms in total. The van der Waals surface area contributed by atoms with E-state index in [0.717, 1.165) is 38.6 Å². The van der Waals surface area contributed by atoms with Crippen molar-refractivity contribution in [3.05, 3.63) is 40.8 Å². The maximum absolute atomic E-state index is 4.57. The van der Waals surface area contributed by atoms with E-state index in [1.807, 2.05) is 16.9 Å². The first kappa shape index (κ1) is 18.0. The van der Waals surface area contributed by atoms with Crippen molar-refractivity contribution in [2.75, 3.05) is 13.1 Å². The Bertz CT molecular complexity index is 495. The molecular formula is C14H22IN5S. The molecule has 2 rings (SSSR count). The SMILES string of the molecule is CCNC(=NCc1ccsc1)NCCCn1cccn1.I. The van der Waals surface area contributed by atoms with Crippen molar-refractivity contribution in [2.24, 2.45) is 4.99 Å². The molecule has 0 saturated heterocycles. The molecule has 0 aliphatic heterocycles. The summed E-state index contributed by atoms with van der Waals surface area (Å²) in [5.74, 6) is 0.874. The van der Waals surface area contributed by atoms with E-state index >= 15 is 0 Å². The van der Waals surface area contributed by atoms with Gasteiger partial charge in [0.1, 0.15) is 0 Å². The van der Waals surface area contributed by atoms with Crippen LogP contribution in [0, 0.1) is 0 Å². The summed E-state index contributed by atoms with van der Waals surface area (Å²) in [5, 5.41) is 15.0. The van der Waals surface area contributed by atoms with Gasteiger partial charge in [-0.15, -0.1) is 24.0 Å². The van der Waals surface area contributed by atoms with Crippen LogP contribution in [0.1, 0.15) is 18.9 Å². The van der Waals surface area contributed by atoms with Crippen LogP contribution in [-0.4, -0.2) is 28.8 Å². The summed E-state index contributed by atoms with van der Waals surface area (Å²) in [6.07, 6.45) is 4.81. The Morgan fingerprint density at radius 3 is 3.00 bits per heavy atom. The lowest BCUT2D eigenvalue weighted by Crippen LogP contribution is -2.38. The van der Waals surface area contributed by atoms with Crippen molar-refractivity contribution >= 4 is 41.3 Å². The molecule has 21 heavy (non-hydrogen) atoms. The number of nitrogens with zero attached hydrogens (tertiary/aromatic N) is 3. The number of rotatable bonds is 7. The molecule has 2 aromatic rings. The Kier molecular flexibility index (Phi) is 9.07. The molecule has 0 aromatic carbocycles. The smallest absolute Gasteiger partial charge is 0.191 e. The predicted octanol–water partition coefficient (Wildman–Crippen LogP) is 2.71. The van der Waals surface area contributed by atoms with Crippen molar-refractivity contribution in [1.29, 1.82) is 0 Å². The summed E-state index contributed by atoms with van der Waals surface area (Å²) in [6.45, 7) is 5.47. The molecule has 0 aliphatic carbocycles. The molecule has 0 radical (unpaired) electrons. The van der Waals surface area contributed by atoms with Crippen molar-refractivity contribution < 1.29 is 0 Å². The van der Waals surface area contributed by atoms with E-state index in [0.29, 0.717) is 0 Å². The van der Waals surface area contributed by atoms with Gasteiger partial charge in [0.15, 0.2) is 5.96 Å². The minimum absolute atomic E-state index is 0. The molecule has 0 bridgehead atoms. The molecule has 0 saturated carbocycles. The number of aromatic nitrogens is 2. The summed E-state index contributed by atoms with van der Waals surface area (Å²) in [5.41, 5.74) is 1.25. The maximum Gasteiger partial charge on any atom is 0.191 e. The zero-order chi connectivity index (χ0) is 14.0. The van der Waals surface area contributed by atoms with Gasteiger partial charge < -0.3 is 10.6 Å². The summed E-state index contributed by atoms with van der Waals surface area (Å²) in [7, 11) is 0. The first-order valence-corrected chi connectivity index (χ1v) is 7.83. The van der Waals surface area contributed by atoms with Gasteiger partial charge in [-0.1, -0.05) is 0 Å². The minimum atomic E-state index is 0. The first-order chi connectivity index (χ1) is 9.88. The number of aliphatic imine (C=N–C) groups is 1. The molecule has 116 valence electrons. The Morgan fingerprint density at radius 2 is 2.33 bits per heavy atom. The molecule has 2 N–H and O–H groups in total. The summed E-state index contributed by atoms with van der Waals surface area (Å²) in [4.78, 5) is 4.57. The van der Waals surface area contributed by atoms with E-state index in [9.17, 15) is 0 Å². The third kappa shape index (κ3) is 6.94. The fraction of sp³-hybridized carbons (Fsp3) is 0.429. The second kappa shape index (κ2) is 10.6. The topological polar surface area (TPSA) is 54.2 Å². The molecular weight excluding hydrogens is 397 g/mol. The third-order valence-corrected chi connectivity index (χ3v) is 3.49. The number of hydrogen-bond acceptors (Lipinski definition) is 3. The molecule has 2 aromatic heterocycles. The number of aryl methyl sites for hydroxylation is 1. The zero-order valence-electron chi connectivity index (χ0n) is 12.2. The monoisotopic (exact) mass is 419 g/mol. The van der Waals surface area contributed by atoms with Crippen LogP contribution in [0.15, 0.2) is 40.3 Å². The van der Waals surface area contributed by atoms with Crippen LogP contribution in [0.5, 0.6) is 0 Å². The van der Waals surface area contributed by atoms with Crippen LogP contribution in [0.3, 0.4) is 0 Å². The molecule has 7 heteroatoms. The third-order valence-electron chi connectivity index (χ3n) is 2.76. The molecule has 0 amide bonds. The average molecular weight is 419 g/mol. The van der Waals surface area contributed by atoms with Gasteiger partial charge in [-0.25, -0.2) is 4.99 Å². The highest BCUT2D eigenvalue weighted by Crippen LogP contribution is 2.06. The standard InChI is InChI=1S/C14H21N5S.HI/c1-2-15-14(17-11-13-5-10-20-12-13)16-6-3-8-19-9-4-7-18-19;/h4-5,7,9-10,12H,2-3,6,8,11H2,1H3,(H2,15,16,17);1H. The Balaban J connectivity index is 0.00000220. The second-order valence-corrected chi connectivity index (χ2v) is 5.16. The van der Waals surface area contributed by atoms with Crippen molar-refractivity contribution in [3.63, 3.8) is 0 Å². The quantitative estimate of drug-likeness (QED) is 0.314. The van der Waals surface area contributed by atoms with Crippen LogP contribution in [0.2, 0.25) is 0 Å². The first-order valence-electron chi connectivity index (χ1n) is 6.89. The summed E-state index contributed by atoms with van der Waals surface area (Å²) in [6, 6.07) is 4.05. The highest BCUT2D eigenvalue weighted by atomic mass is 127. The Labute approximate surface area is 146 Å². The molecule has 2 heterocycles. The van der Waals surface area contributed by atoms with Gasteiger partial charge in [-0.05, 0) is 41.8 Å². The van der Waals surface area contributed by atoms with Gasteiger partial charge >= 0.3 is 0 Å². The van der Waals surface area contributed by atoms with Crippen molar-refractivity contribution in [3.8, 4) is 0 Å². The Morgan fingerprint density at radius 1 is 1.43 bits per heavy atom. The van der Waals surface area contributed by atoms with Crippen LogP contribution in [-0.2, 0) is 13.1 Å². The second-order valence-electron chi connectivity index (χ2n) is 4.38. The van der Waals surface area contributed by atoms with Crippen molar-refractivity contribution in [2.45, 2.75) is 26.4 Å². The number of guanidine groups is 1. The van der Waals surface area contributed by atoms with E-state index in [4.69, 9.17) is 0 Å². The van der Waals surface area contributed by atoms with Crippen LogP contribution in [0.25, 0.3) is 0 Å². The number of hydrogen-bond donors (Lipinski definition) is 2. The van der Waals surface area contributed by atoms with Gasteiger partial charge in [0.05, 0.1) is 6.54 Å². The van der Waals surface area contributed by atoms with E-state index < -0.39 is 0 Å². The normalized spacial score (nSPS) is 11.0. The highest BCUT2D eigenvalue weighted by molar-refractivity contribution is 14.0. The van der Waals surface area contributed by atoms with Crippen LogP contribution >= 0.6 is 35.3 Å². The van der Waals surface area contributed by atoms with E-state index in [1.54, 1.807) is 17.5 Å². The maximum atomic E-state index is 4.57. The molecule has 0 atom stereocenters. The van der Waals surface area contributed by atoms with Crippen LogP contribution < -0.4 is 10.6 Å². The lowest BCUT2D eigenvalue weighted by atomic mass is 10.3. The zero-order valence-corrected chi connectivity index (χ0v) is 15.3. The summed E-state index contributed by atoms with van der Waals surface area (Å²) < 4.78 is 1.94. The highest BCUT2D eigenvalue weighted by Gasteiger charge is 1.98. The number of nitrogens with one attached hydrogen (secondary N) is 2. The lowest BCUT2D eigenvalue weighted by molar-refractivity contribution is 0.570. The minimum Gasteiger partial charge on any atom is -0.357 e. The van der Waals surface area contributed by atoms with E-state index in [-0.39, 0.29) is 24.0 Å². The van der Waals surface area contributed by atoms with Crippen molar-refractivity contribution in [1.82, 2.24) is 20.4 Å². The molecule has 0 spiro atoms. The molecule has 0 aliphatic rings. The molecule has 0 fully saturated rings. The van der Waals surface area contributed by atoms with Gasteiger partial charge in [-0.3, -0.25) is 4.68 Å². The van der Waals surface area contributed by atoms with Crippen LogP contribution in [0.4, 0.5) is 0 Å². The summed E-state index contributed by atoms with van der Waals surface area (Å²) >= 11 is 1.70. The largest absolute Gasteiger partial charge is 0.357 e. The van der Waals surface area contributed by atoms with Gasteiger partial charge in [0.25, 0.3) is 0 Å². The lowest BCUT2D eigenvalue weighted by Gasteiger charge is -2.11. The average Bonchev–Trinajstić information content (AvgIpc) is 3.13. The van der Waals surface area contributed by atoms with Gasteiger partial charge in [-0.2, -0.15) is 16.4 Å². The van der Waals surface area contributed by atoms with Gasteiger partial charge in [0.2, 0.25) is 0 Å². The predicted molar refractivity (Wildman–Crippen MR) is 99.4 cm³/mol. The van der Waals surface area contributed by atoms with Gasteiger partial charge in [0, 0.05) is 32.0 Å². The molecule has 0 unspecified atom stereocenters. The fourth-order valence-corrected chi connectivity index (χ4v) is 2.44. The number of halogens is 1. The number of thiophene rings is 1. The van der Waals surface area contributed by atoms with E-state index in [1.165, 1.54) is 5.56 Å². The Hall–Kier alpha value is -1.09. The fourth-order valence-electron chi connectivity index (χ4n) is 1.78. The van der Waals surface area contributed by atoms with E-state index in [2.05, 4.69) is 44.5 Å².